The minimum absolute atomic E-state index is 0.000185. The monoisotopic (exact) mass is 228 g/mol. The molecule has 1 aliphatic rings. The van der Waals surface area contributed by atoms with Crippen LogP contribution in [0.1, 0.15) is 0 Å². The maximum atomic E-state index is 4.56. The first-order valence-corrected chi connectivity index (χ1v) is 5.76. The highest BCUT2D eigenvalue weighted by molar-refractivity contribution is 7.81. The Hall–Kier alpha value is -1.61. The van der Waals surface area contributed by atoms with E-state index < -0.39 is 0 Å². The van der Waals surface area contributed by atoms with Crippen LogP contribution in [0.5, 0.6) is 0 Å². The standard InChI is InChI=1S/C13H12N2S/c16-13-14-11-8-4-5-9-12(11)15(13)10-6-2-1-3-7-10/h1-9,13-14,16H. The normalized spacial score (nSPS) is 18.1. The Kier molecular flexibility index (Phi) is 2.26. The van der Waals surface area contributed by atoms with Gasteiger partial charge in [0.1, 0.15) is 5.50 Å². The Bertz CT molecular complexity index is 498. The van der Waals surface area contributed by atoms with E-state index in [9.17, 15) is 0 Å². The summed E-state index contributed by atoms with van der Waals surface area (Å²) in [5.74, 6) is 0. The summed E-state index contributed by atoms with van der Waals surface area (Å²) in [5, 5.41) is 3.34. The van der Waals surface area contributed by atoms with Crippen LogP contribution in [0, 0.1) is 0 Å². The molecule has 2 aromatic rings. The first-order chi connectivity index (χ1) is 7.86. The fourth-order valence-electron chi connectivity index (χ4n) is 2.01. The lowest BCUT2D eigenvalue weighted by molar-refractivity contribution is 1.04. The fourth-order valence-corrected chi connectivity index (χ4v) is 2.41. The van der Waals surface area contributed by atoms with Crippen molar-refractivity contribution in [2.45, 2.75) is 5.50 Å². The molecule has 0 saturated carbocycles. The third-order valence-corrected chi connectivity index (χ3v) is 3.09. The minimum atomic E-state index is -0.000185. The van der Waals surface area contributed by atoms with Crippen molar-refractivity contribution in [2.75, 3.05) is 10.2 Å². The average molecular weight is 228 g/mol. The number of anilines is 3. The SMILES string of the molecule is SC1Nc2ccccc2N1c1ccccc1. The topological polar surface area (TPSA) is 15.3 Å². The van der Waals surface area contributed by atoms with Crippen LogP contribution < -0.4 is 10.2 Å². The summed E-state index contributed by atoms with van der Waals surface area (Å²) in [5.41, 5.74) is 3.46. The Morgan fingerprint density at radius 1 is 0.938 bits per heavy atom. The average Bonchev–Trinajstić information content (AvgIpc) is 2.66. The van der Waals surface area contributed by atoms with Gasteiger partial charge in [-0.05, 0) is 24.3 Å². The summed E-state index contributed by atoms with van der Waals surface area (Å²) >= 11 is 4.56. The zero-order valence-electron chi connectivity index (χ0n) is 8.67. The van der Waals surface area contributed by atoms with Crippen molar-refractivity contribution in [2.24, 2.45) is 0 Å². The summed E-state index contributed by atoms with van der Waals surface area (Å²) in [6.07, 6.45) is 0. The van der Waals surface area contributed by atoms with E-state index in [0.717, 1.165) is 11.4 Å². The first-order valence-electron chi connectivity index (χ1n) is 5.24. The van der Waals surface area contributed by atoms with Crippen LogP contribution in [-0.2, 0) is 0 Å². The number of hydrogen-bond donors (Lipinski definition) is 2. The Labute approximate surface area is 100 Å². The molecule has 2 aromatic carbocycles. The molecule has 0 spiro atoms. The van der Waals surface area contributed by atoms with E-state index in [2.05, 4.69) is 47.1 Å². The van der Waals surface area contributed by atoms with E-state index in [4.69, 9.17) is 0 Å². The zero-order chi connectivity index (χ0) is 11.0. The van der Waals surface area contributed by atoms with Gasteiger partial charge in [-0.1, -0.05) is 30.3 Å². The van der Waals surface area contributed by atoms with Gasteiger partial charge in [-0.3, -0.25) is 0 Å². The Morgan fingerprint density at radius 2 is 1.62 bits per heavy atom. The van der Waals surface area contributed by atoms with Crippen LogP contribution in [-0.4, -0.2) is 5.50 Å². The van der Waals surface area contributed by atoms with E-state index in [0.29, 0.717) is 0 Å². The van der Waals surface area contributed by atoms with Gasteiger partial charge in [-0.15, -0.1) is 12.6 Å². The third-order valence-electron chi connectivity index (χ3n) is 2.73. The van der Waals surface area contributed by atoms with E-state index in [1.165, 1.54) is 5.69 Å². The quantitative estimate of drug-likeness (QED) is 0.727. The lowest BCUT2D eigenvalue weighted by Gasteiger charge is -2.22. The molecule has 1 N–H and O–H groups in total. The van der Waals surface area contributed by atoms with Crippen molar-refractivity contribution in [3.05, 3.63) is 54.6 Å². The number of thiol groups is 1. The van der Waals surface area contributed by atoms with Crippen molar-refractivity contribution < 1.29 is 0 Å². The number of benzene rings is 2. The van der Waals surface area contributed by atoms with Gasteiger partial charge >= 0.3 is 0 Å². The molecule has 0 aliphatic carbocycles. The number of para-hydroxylation sites is 3. The molecule has 0 aromatic heterocycles. The molecule has 1 atom stereocenters. The highest BCUT2D eigenvalue weighted by atomic mass is 32.1. The van der Waals surface area contributed by atoms with Gasteiger partial charge in [0.25, 0.3) is 0 Å². The number of hydrogen-bond acceptors (Lipinski definition) is 3. The molecule has 1 unspecified atom stereocenters. The summed E-state index contributed by atoms with van der Waals surface area (Å²) in [6, 6.07) is 18.5. The third kappa shape index (κ3) is 1.44. The van der Waals surface area contributed by atoms with Crippen molar-refractivity contribution in [1.82, 2.24) is 0 Å². The van der Waals surface area contributed by atoms with Crippen molar-refractivity contribution >= 4 is 29.7 Å². The van der Waals surface area contributed by atoms with Crippen LogP contribution in [0.25, 0.3) is 0 Å². The van der Waals surface area contributed by atoms with E-state index in [-0.39, 0.29) is 5.50 Å². The molecule has 0 amide bonds. The van der Waals surface area contributed by atoms with Crippen LogP contribution in [0.3, 0.4) is 0 Å². The molecule has 0 saturated heterocycles. The molecule has 1 heterocycles. The summed E-state index contributed by atoms with van der Waals surface area (Å²) in [4.78, 5) is 2.18. The fraction of sp³-hybridized carbons (Fsp3) is 0.0769. The van der Waals surface area contributed by atoms with Gasteiger partial charge in [-0.2, -0.15) is 0 Å². The number of fused-ring (bicyclic) bond motifs is 1. The zero-order valence-corrected chi connectivity index (χ0v) is 9.56. The number of rotatable bonds is 1. The number of nitrogens with zero attached hydrogens (tertiary/aromatic N) is 1. The summed E-state index contributed by atoms with van der Waals surface area (Å²) in [7, 11) is 0. The second kappa shape index (κ2) is 3.76. The van der Waals surface area contributed by atoms with Crippen molar-refractivity contribution in [3.63, 3.8) is 0 Å². The molecular formula is C13H12N2S. The van der Waals surface area contributed by atoms with Gasteiger partial charge in [0.05, 0.1) is 11.4 Å². The molecule has 0 fully saturated rings. The molecule has 0 bridgehead atoms. The van der Waals surface area contributed by atoms with Gasteiger partial charge in [-0.25, -0.2) is 0 Å². The second-order valence-electron chi connectivity index (χ2n) is 3.74. The summed E-state index contributed by atoms with van der Waals surface area (Å²) < 4.78 is 0. The van der Waals surface area contributed by atoms with E-state index >= 15 is 0 Å². The van der Waals surface area contributed by atoms with Crippen LogP contribution >= 0.6 is 12.6 Å². The van der Waals surface area contributed by atoms with E-state index in [1.807, 2.05) is 30.3 Å². The van der Waals surface area contributed by atoms with Crippen molar-refractivity contribution in [3.8, 4) is 0 Å². The molecule has 3 rings (SSSR count). The van der Waals surface area contributed by atoms with Crippen molar-refractivity contribution in [1.29, 1.82) is 0 Å². The largest absolute Gasteiger partial charge is 0.355 e. The molecule has 16 heavy (non-hydrogen) atoms. The van der Waals surface area contributed by atoms with Crippen LogP contribution in [0.4, 0.5) is 17.1 Å². The molecular weight excluding hydrogens is 216 g/mol. The van der Waals surface area contributed by atoms with Gasteiger partial charge in [0.2, 0.25) is 0 Å². The minimum Gasteiger partial charge on any atom is -0.355 e. The smallest absolute Gasteiger partial charge is 0.149 e. The highest BCUT2D eigenvalue weighted by Gasteiger charge is 2.26. The molecule has 1 aliphatic heterocycles. The maximum Gasteiger partial charge on any atom is 0.149 e. The predicted molar refractivity (Wildman–Crippen MR) is 71.4 cm³/mol. The van der Waals surface area contributed by atoms with Crippen LogP contribution in [0.2, 0.25) is 0 Å². The number of nitrogens with one attached hydrogen (secondary N) is 1. The predicted octanol–water partition coefficient (Wildman–Crippen LogP) is 3.46. The Balaban J connectivity index is 2.09. The highest BCUT2D eigenvalue weighted by Crippen LogP contribution is 2.40. The van der Waals surface area contributed by atoms with Gasteiger partial charge in [0.15, 0.2) is 0 Å². The molecule has 0 radical (unpaired) electrons. The first kappa shape index (κ1) is 9.60. The molecule has 3 heteroatoms. The van der Waals surface area contributed by atoms with Gasteiger partial charge in [0, 0.05) is 5.69 Å². The second-order valence-corrected chi connectivity index (χ2v) is 4.23. The Morgan fingerprint density at radius 3 is 2.44 bits per heavy atom. The van der Waals surface area contributed by atoms with Crippen LogP contribution in [0.15, 0.2) is 54.6 Å². The maximum absolute atomic E-state index is 4.56. The lowest BCUT2D eigenvalue weighted by Crippen LogP contribution is -2.25. The molecule has 2 nitrogen and oxygen atoms in total. The van der Waals surface area contributed by atoms with Gasteiger partial charge < -0.3 is 10.2 Å². The lowest BCUT2D eigenvalue weighted by atomic mass is 10.2. The van der Waals surface area contributed by atoms with E-state index in [1.54, 1.807) is 0 Å². The molecule has 80 valence electrons. The summed E-state index contributed by atoms with van der Waals surface area (Å²) in [6.45, 7) is 0.